The van der Waals surface area contributed by atoms with Gasteiger partial charge < -0.3 is 29.9 Å². The van der Waals surface area contributed by atoms with Crippen LogP contribution < -0.4 is 15.4 Å². The van der Waals surface area contributed by atoms with Crippen LogP contribution in [0.2, 0.25) is 5.02 Å². The Morgan fingerprint density at radius 1 is 1.14 bits per heavy atom. The quantitative estimate of drug-likeness (QED) is 0.246. The maximum atomic E-state index is 15.5. The molecular weight excluding hydrogens is 761 g/mol. The number of anilines is 2. The van der Waals surface area contributed by atoms with Crippen molar-refractivity contribution in [3.05, 3.63) is 56.7 Å². The highest BCUT2D eigenvalue weighted by molar-refractivity contribution is 6.34. The maximum Gasteiger partial charge on any atom is 0.416 e. The summed E-state index contributed by atoms with van der Waals surface area (Å²) >= 11 is 7.03. The first-order chi connectivity index (χ1) is 26.7. The minimum absolute atomic E-state index is 0.0229. The third-order valence-corrected chi connectivity index (χ3v) is 13.7. The summed E-state index contributed by atoms with van der Waals surface area (Å²) in [6, 6.07) is 1.63. The largest absolute Gasteiger partial charge is 0.461 e. The Hall–Kier alpha value is -3.80. The van der Waals surface area contributed by atoms with Crippen LogP contribution in [-0.4, -0.2) is 111 Å². The molecule has 3 saturated heterocycles. The molecule has 302 valence electrons. The molecule has 4 fully saturated rings. The van der Waals surface area contributed by atoms with Crippen molar-refractivity contribution in [2.24, 2.45) is 5.92 Å². The number of amides is 1. The first kappa shape index (κ1) is 37.8. The van der Waals surface area contributed by atoms with Gasteiger partial charge in [0.05, 0.1) is 52.5 Å². The van der Waals surface area contributed by atoms with Gasteiger partial charge in [-0.05, 0) is 70.8 Å². The van der Waals surface area contributed by atoms with Gasteiger partial charge in [0.25, 0.3) is 5.91 Å². The molecule has 0 spiro atoms. The normalized spacial score (nSPS) is 28.8. The molecule has 5 atom stereocenters. The number of nitrogens with zero attached hydrogens (tertiary/aromatic N) is 8. The molecule has 7 heterocycles. The van der Waals surface area contributed by atoms with Gasteiger partial charge in [0, 0.05) is 62.2 Å². The van der Waals surface area contributed by atoms with E-state index in [2.05, 4.69) is 28.9 Å². The second kappa shape index (κ2) is 13.7. The maximum absolute atomic E-state index is 15.5. The van der Waals surface area contributed by atoms with Gasteiger partial charge in [0.2, 0.25) is 0 Å². The molecule has 1 aliphatic carbocycles. The monoisotopic (exact) mass is 805 g/mol. The Morgan fingerprint density at radius 2 is 1.96 bits per heavy atom. The van der Waals surface area contributed by atoms with Crippen LogP contribution >= 0.6 is 11.6 Å². The number of hydrogen-bond donors (Lipinski definition) is 1. The van der Waals surface area contributed by atoms with Gasteiger partial charge in [-0.25, -0.2) is 8.78 Å². The van der Waals surface area contributed by atoms with Crippen molar-refractivity contribution >= 4 is 29.0 Å². The molecule has 56 heavy (non-hydrogen) atoms. The summed E-state index contributed by atoms with van der Waals surface area (Å²) < 4.78 is 86.8. The van der Waals surface area contributed by atoms with E-state index in [1.54, 1.807) is 4.68 Å². The molecule has 3 aromatic rings. The van der Waals surface area contributed by atoms with Gasteiger partial charge in [0.15, 0.2) is 11.5 Å². The number of rotatable bonds is 7. The van der Waals surface area contributed by atoms with Crippen LogP contribution in [0.15, 0.2) is 12.1 Å². The molecule has 2 N–H and O–H groups in total. The van der Waals surface area contributed by atoms with Gasteiger partial charge in [-0.15, -0.1) is 0 Å². The minimum atomic E-state index is -4.86. The van der Waals surface area contributed by atoms with Crippen LogP contribution in [0.5, 0.6) is 6.01 Å². The molecule has 0 bridgehead atoms. The van der Waals surface area contributed by atoms with E-state index in [1.165, 1.54) is 0 Å². The summed E-state index contributed by atoms with van der Waals surface area (Å²) in [6.45, 7) is 3.42. The number of nitrogens with two attached hydrogens (primary N) is 1. The molecule has 2 unspecified atom stereocenters. The summed E-state index contributed by atoms with van der Waals surface area (Å²) in [5.41, 5.74) is 4.61. The SMILES string of the molecule is CN(C)C12CCC1CN(C(=O)c1nn3c(c1Cl)CN(c1nc(OC[C@@]45CCCN4C[C@H](F)C5)nc4c1CO[C@H](c1c(C(F)(F)F)ccc(N)c1F)C4)CCC3)C2. The second-order valence-electron chi connectivity index (χ2n) is 16.6. The zero-order chi connectivity index (χ0) is 39.3. The third-order valence-electron chi connectivity index (χ3n) is 13.3. The molecule has 12 nitrogen and oxygen atoms in total. The molecule has 0 radical (unpaired) electrons. The van der Waals surface area contributed by atoms with E-state index in [0.29, 0.717) is 74.3 Å². The zero-order valence-corrected chi connectivity index (χ0v) is 32.1. The van der Waals surface area contributed by atoms with Crippen molar-refractivity contribution in [1.82, 2.24) is 34.4 Å². The van der Waals surface area contributed by atoms with Crippen molar-refractivity contribution in [2.75, 3.05) is 64.1 Å². The molecule has 9 rings (SSSR count). The second-order valence-corrected chi connectivity index (χ2v) is 17.0. The highest BCUT2D eigenvalue weighted by Gasteiger charge is 2.56. The summed E-state index contributed by atoms with van der Waals surface area (Å²) in [4.78, 5) is 31.6. The lowest BCUT2D eigenvalue weighted by Gasteiger charge is -2.48. The molecule has 6 aliphatic rings. The van der Waals surface area contributed by atoms with Crippen molar-refractivity contribution in [3.8, 4) is 6.01 Å². The number of fused-ring (bicyclic) bond motifs is 4. The standard InChI is InChI=1S/C38H45ClF5N9O3/c1-49(2)37-9-7-21(37)15-51(19-37)34(54)32-30(39)27-17-50(10-4-12-53(27)48-32)33-23-18-55-28(29-24(38(42,43)44)5-6-25(45)31(29)41)13-26(23)46-35(47-33)56-20-36-8-3-11-52(36)16-22(40)14-36/h5-6,21-22,28H,3-4,7-20,45H2,1-2H3/t21?,22-,28+,36+,37?/m1/s1. The number of carbonyl (C=O) groups is 1. The number of benzene rings is 1. The smallest absolute Gasteiger partial charge is 0.416 e. The highest BCUT2D eigenvalue weighted by atomic mass is 35.5. The predicted octanol–water partition coefficient (Wildman–Crippen LogP) is 5.41. The Morgan fingerprint density at radius 3 is 2.70 bits per heavy atom. The van der Waals surface area contributed by atoms with Crippen LogP contribution in [-0.2, 0) is 37.0 Å². The van der Waals surface area contributed by atoms with E-state index in [1.807, 2.05) is 9.80 Å². The summed E-state index contributed by atoms with van der Waals surface area (Å²) in [5, 5.41) is 4.98. The zero-order valence-electron chi connectivity index (χ0n) is 31.3. The lowest BCUT2D eigenvalue weighted by atomic mass is 9.68. The van der Waals surface area contributed by atoms with Gasteiger partial charge >= 0.3 is 12.2 Å². The van der Waals surface area contributed by atoms with E-state index >= 15 is 4.39 Å². The average molecular weight is 806 g/mol. The van der Waals surface area contributed by atoms with Gasteiger partial charge in [-0.2, -0.15) is 28.2 Å². The highest BCUT2D eigenvalue weighted by Crippen LogP contribution is 2.49. The minimum Gasteiger partial charge on any atom is -0.461 e. The van der Waals surface area contributed by atoms with Gasteiger partial charge in [-0.3, -0.25) is 14.4 Å². The predicted molar refractivity (Wildman–Crippen MR) is 196 cm³/mol. The van der Waals surface area contributed by atoms with Crippen LogP contribution in [0.4, 0.5) is 33.5 Å². The molecule has 2 aromatic heterocycles. The molecule has 1 amide bonds. The molecular formula is C38H45ClF5N9O3. The first-order valence-corrected chi connectivity index (χ1v) is 19.7. The van der Waals surface area contributed by atoms with Crippen molar-refractivity contribution in [1.29, 1.82) is 0 Å². The number of likely N-dealkylation sites (tertiary alicyclic amines) is 1. The van der Waals surface area contributed by atoms with Crippen LogP contribution in [0.25, 0.3) is 0 Å². The van der Waals surface area contributed by atoms with Crippen LogP contribution in [0.1, 0.15) is 83.2 Å². The molecule has 18 heteroatoms. The van der Waals surface area contributed by atoms with E-state index in [9.17, 15) is 22.4 Å². The van der Waals surface area contributed by atoms with Gasteiger partial charge in [0.1, 0.15) is 18.6 Å². The number of likely N-dealkylation sites (N-methyl/N-ethyl adjacent to an activating group) is 1. The lowest BCUT2D eigenvalue weighted by Crippen LogP contribution is -2.57. The summed E-state index contributed by atoms with van der Waals surface area (Å²) in [6.07, 6.45) is -2.74. The van der Waals surface area contributed by atoms with E-state index < -0.39 is 46.6 Å². The lowest BCUT2D eigenvalue weighted by molar-refractivity contribution is -0.140. The van der Waals surface area contributed by atoms with E-state index in [0.717, 1.165) is 44.4 Å². The fourth-order valence-corrected chi connectivity index (χ4v) is 10.5. The Kier molecular flexibility index (Phi) is 9.21. The van der Waals surface area contributed by atoms with E-state index in [4.69, 9.17) is 36.9 Å². The van der Waals surface area contributed by atoms with Crippen LogP contribution in [0, 0.1) is 11.7 Å². The first-order valence-electron chi connectivity index (χ1n) is 19.3. The average Bonchev–Trinajstić information content (AvgIpc) is 3.80. The van der Waals surface area contributed by atoms with Gasteiger partial charge in [-0.1, -0.05) is 11.6 Å². The number of hydrogen-bond acceptors (Lipinski definition) is 10. The number of ether oxygens (including phenoxy) is 2. The summed E-state index contributed by atoms with van der Waals surface area (Å²) in [5.74, 6) is -0.578. The fraction of sp³-hybridized carbons (Fsp3) is 0.632. The Bertz CT molecular complexity index is 2070. The number of halogens is 6. The Balaban J connectivity index is 1.05. The third kappa shape index (κ3) is 6.09. The van der Waals surface area contributed by atoms with Crippen molar-refractivity contribution in [2.45, 2.75) is 94.2 Å². The number of aryl methyl sites for hydroxylation is 1. The molecule has 1 saturated carbocycles. The van der Waals surface area contributed by atoms with Crippen molar-refractivity contribution < 1.29 is 36.2 Å². The van der Waals surface area contributed by atoms with E-state index in [-0.39, 0.29) is 54.4 Å². The van der Waals surface area contributed by atoms with Crippen molar-refractivity contribution in [3.63, 3.8) is 0 Å². The molecule has 1 aromatic carbocycles. The van der Waals surface area contributed by atoms with Crippen LogP contribution in [0.3, 0.4) is 0 Å². The molecule has 5 aliphatic heterocycles. The number of carbonyl (C=O) groups excluding carboxylic acids is 1. The number of aromatic nitrogens is 4. The fourth-order valence-electron chi connectivity index (χ4n) is 10.2. The topological polar surface area (TPSA) is 118 Å². The summed E-state index contributed by atoms with van der Waals surface area (Å²) in [7, 11) is 4.11. The number of nitrogen functional groups attached to an aromatic ring is 1. The number of alkyl halides is 4. The Labute approximate surface area is 326 Å².